The predicted octanol–water partition coefficient (Wildman–Crippen LogP) is 3.75. The van der Waals surface area contributed by atoms with Crippen LogP contribution in [0.15, 0.2) is 12.3 Å². The quantitative estimate of drug-likeness (QED) is 0.651. The van der Waals surface area contributed by atoms with Gasteiger partial charge in [-0.2, -0.15) is 0 Å². The summed E-state index contributed by atoms with van der Waals surface area (Å²) in [5.74, 6) is 0.559. The lowest BCUT2D eigenvalue weighted by Gasteiger charge is -2.34. The van der Waals surface area contributed by atoms with Crippen LogP contribution in [0.2, 0.25) is 5.15 Å². The lowest BCUT2D eigenvalue weighted by Crippen LogP contribution is -2.50. The maximum Gasteiger partial charge on any atom is 0.171 e. The molecule has 0 radical (unpaired) electrons. The molecule has 22 heavy (non-hydrogen) atoms. The molecule has 1 heterocycles. The van der Waals surface area contributed by atoms with Gasteiger partial charge in [0, 0.05) is 17.6 Å². The van der Waals surface area contributed by atoms with E-state index in [2.05, 4.69) is 30.5 Å². The van der Waals surface area contributed by atoms with E-state index in [-0.39, 0.29) is 16.2 Å². The molecule has 4 nitrogen and oxygen atoms in total. The molecule has 0 aliphatic heterocycles. The van der Waals surface area contributed by atoms with Gasteiger partial charge in [0.15, 0.2) is 10.9 Å². The zero-order valence-electron chi connectivity index (χ0n) is 14.5. The largest absolute Gasteiger partial charge is 0.598 e. The van der Waals surface area contributed by atoms with Gasteiger partial charge in [0.2, 0.25) is 0 Å². The van der Waals surface area contributed by atoms with E-state index < -0.39 is 11.4 Å². The summed E-state index contributed by atoms with van der Waals surface area (Å²) in [5.41, 5.74) is 0.952. The smallest absolute Gasteiger partial charge is 0.171 e. The second-order valence-electron chi connectivity index (χ2n) is 7.46. The van der Waals surface area contributed by atoms with Crippen molar-refractivity contribution in [1.29, 1.82) is 0 Å². The van der Waals surface area contributed by atoms with Crippen molar-refractivity contribution in [2.24, 2.45) is 5.41 Å². The van der Waals surface area contributed by atoms with E-state index in [9.17, 15) is 4.55 Å². The Morgan fingerprint density at radius 3 is 2.36 bits per heavy atom. The number of aromatic nitrogens is 1. The summed E-state index contributed by atoms with van der Waals surface area (Å²) in [4.78, 5) is 4.15. The van der Waals surface area contributed by atoms with Crippen molar-refractivity contribution in [3.8, 4) is 5.75 Å². The van der Waals surface area contributed by atoms with Crippen LogP contribution in [0.4, 0.5) is 0 Å². The fraction of sp³-hybridized carbons (Fsp3) is 0.688. The van der Waals surface area contributed by atoms with Gasteiger partial charge in [-0.05, 0) is 44.2 Å². The van der Waals surface area contributed by atoms with Gasteiger partial charge in [0.05, 0.1) is 13.2 Å². The molecule has 0 aliphatic carbocycles. The van der Waals surface area contributed by atoms with E-state index in [1.54, 1.807) is 13.3 Å². The van der Waals surface area contributed by atoms with Crippen LogP contribution in [0.25, 0.3) is 0 Å². The molecule has 1 N–H and O–H groups in total. The highest BCUT2D eigenvalue weighted by Gasteiger charge is 2.34. The van der Waals surface area contributed by atoms with E-state index in [0.29, 0.717) is 17.3 Å². The fourth-order valence-electron chi connectivity index (χ4n) is 1.79. The molecule has 1 aromatic heterocycles. The van der Waals surface area contributed by atoms with Crippen molar-refractivity contribution in [2.45, 2.75) is 58.8 Å². The molecule has 0 saturated carbocycles. The highest BCUT2D eigenvalue weighted by atomic mass is 35.5. The van der Waals surface area contributed by atoms with Crippen molar-refractivity contribution in [1.82, 2.24) is 9.71 Å². The minimum atomic E-state index is -1.13. The van der Waals surface area contributed by atoms with Crippen molar-refractivity contribution < 1.29 is 9.29 Å². The average molecular weight is 347 g/mol. The Kier molecular flexibility index (Phi) is 6.57. The number of pyridine rings is 1. The number of nitrogens with zero attached hydrogens (tertiary/aromatic N) is 1. The van der Waals surface area contributed by atoms with E-state index in [4.69, 9.17) is 16.3 Å². The van der Waals surface area contributed by atoms with Crippen molar-refractivity contribution in [3.05, 3.63) is 23.0 Å². The molecule has 0 spiro atoms. The summed E-state index contributed by atoms with van der Waals surface area (Å²) >= 11 is 4.84. The standard InChI is InChI=1S/C16H27ClN2O2S/c1-15(2,3)13(19-22(20)16(4,5)6)9-11-8-12(21-7)14(17)18-10-11/h8,10,13,19H,9H2,1-7H3/t13-,22?/m0/s1. The highest BCUT2D eigenvalue weighted by Crippen LogP contribution is 2.28. The Bertz CT molecular complexity index is 498. The topological polar surface area (TPSA) is 57.2 Å². The SMILES string of the molecule is COc1cc(C[C@H](N[S+]([O-])C(C)(C)C)C(C)(C)C)cnc1Cl. The van der Waals surface area contributed by atoms with Gasteiger partial charge in [0.25, 0.3) is 0 Å². The van der Waals surface area contributed by atoms with Gasteiger partial charge in [-0.3, -0.25) is 0 Å². The van der Waals surface area contributed by atoms with E-state index in [1.165, 1.54) is 0 Å². The Labute approximate surface area is 142 Å². The monoisotopic (exact) mass is 346 g/mol. The zero-order chi connectivity index (χ0) is 17.1. The highest BCUT2D eigenvalue weighted by molar-refractivity contribution is 7.90. The van der Waals surface area contributed by atoms with Gasteiger partial charge >= 0.3 is 0 Å². The van der Waals surface area contributed by atoms with Crippen molar-refractivity contribution in [2.75, 3.05) is 7.11 Å². The maximum atomic E-state index is 12.4. The first-order chi connectivity index (χ1) is 9.95. The Hall–Kier alpha value is -0.490. The number of rotatable bonds is 5. The first kappa shape index (κ1) is 19.6. The van der Waals surface area contributed by atoms with E-state index in [0.717, 1.165) is 5.56 Å². The summed E-state index contributed by atoms with van der Waals surface area (Å²) in [5, 5.41) is 0.352. The number of nitrogens with one attached hydrogen (secondary N) is 1. The molecule has 0 fully saturated rings. The minimum Gasteiger partial charge on any atom is -0.598 e. The molecule has 1 aromatic rings. The summed E-state index contributed by atoms with van der Waals surface area (Å²) in [6.07, 6.45) is 2.44. The average Bonchev–Trinajstić information content (AvgIpc) is 2.37. The van der Waals surface area contributed by atoms with Gasteiger partial charge in [-0.15, -0.1) is 4.72 Å². The third kappa shape index (κ3) is 5.61. The molecule has 6 heteroatoms. The molecular formula is C16H27ClN2O2S. The van der Waals surface area contributed by atoms with Gasteiger partial charge in [0.1, 0.15) is 4.75 Å². The first-order valence-corrected chi connectivity index (χ1v) is 8.84. The molecule has 0 saturated heterocycles. The summed E-state index contributed by atoms with van der Waals surface area (Å²) in [6, 6.07) is 1.93. The minimum absolute atomic E-state index is 0.0419. The van der Waals surface area contributed by atoms with E-state index >= 15 is 0 Å². The zero-order valence-corrected chi connectivity index (χ0v) is 16.1. The van der Waals surface area contributed by atoms with Gasteiger partial charge in [-0.1, -0.05) is 32.4 Å². The molecule has 0 amide bonds. The number of ether oxygens (including phenoxy) is 1. The van der Waals surface area contributed by atoms with Crippen LogP contribution in [0.5, 0.6) is 5.75 Å². The second-order valence-corrected chi connectivity index (χ2v) is 9.81. The molecule has 0 aromatic carbocycles. The Morgan fingerprint density at radius 2 is 1.91 bits per heavy atom. The summed E-state index contributed by atoms with van der Waals surface area (Å²) < 4.78 is 20.6. The van der Waals surface area contributed by atoms with Gasteiger partial charge < -0.3 is 9.29 Å². The molecule has 2 atom stereocenters. The van der Waals surface area contributed by atoms with Crippen LogP contribution in [0, 0.1) is 5.41 Å². The number of methoxy groups -OCH3 is 1. The fourth-order valence-corrected chi connectivity index (χ4v) is 3.02. The predicted molar refractivity (Wildman–Crippen MR) is 93.8 cm³/mol. The number of hydrogen-bond acceptors (Lipinski definition) is 4. The summed E-state index contributed by atoms with van der Waals surface area (Å²) in [7, 11) is 1.57. The van der Waals surface area contributed by atoms with Crippen LogP contribution in [-0.2, 0) is 17.8 Å². The van der Waals surface area contributed by atoms with Crippen LogP contribution < -0.4 is 9.46 Å². The Morgan fingerprint density at radius 1 is 1.32 bits per heavy atom. The summed E-state index contributed by atoms with van der Waals surface area (Å²) in [6.45, 7) is 12.3. The van der Waals surface area contributed by atoms with Crippen molar-refractivity contribution in [3.63, 3.8) is 0 Å². The van der Waals surface area contributed by atoms with Crippen LogP contribution in [-0.4, -0.2) is 27.4 Å². The maximum absolute atomic E-state index is 12.4. The Balaban J connectivity index is 2.95. The molecule has 0 bridgehead atoms. The molecular weight excluding hydrogens is 320 g/mol. The molecule has 1 unspecified atom stereocenters. The van der Waals surface area contributed by atoms with Crippen LogP contribution in [0.3, 0.4) is 0 Å². The third-order valence-corrected chi connectivity index (χ3v) is 5.27. The molecule has 1 rings (SSSR count). The lowest BCUT2D eigenvalue weighted by molar-refractivity contribution is 0.294. The van der Waals surface area contributed by atoms with Crippen LogP contribution in [0.1, 0.15) is 47.1 Å². The second kappa shape index (κ2) is 7.39. The number of halogens is 1. The third-order valence-electron chi connectivity index (χ3n) is 3.37. The van der Waals surface area contributed by atoms with Crippen molar-refractivity contribution >= 4 is 23.0 Å². The first-order valence-electron chi connectivity index (χ1n) is 7.31. The van der Waals surface area contributed by atoms with Crippen LogP contribution >= 0.6 is 11.6 Å². The normalized spacial score (nSPS) is 15.5. The van der Waals surface area contributed by atoms with Gasteiger partial charge in [-0.25, -0.2) is 4.98 Å². The molecule has 126 valence electrons. The van der Waals surface area contributed by atoms with E-state index in [1.807, 2.05) is 26.8 Å². The molecule has 0 aliphatic rings. The number of hydrogen-bond donors (Lipinski definition) is 1. The lowest BCUT2D eigenvalue weighted by atomic mass is 9.84.